The fourth-order valence-corrected chi connectivity index (χ4v) is 4.45. The van der Waals surface area contributed by atoms with Crippen molar-refractivity contribution in [3.8, 4) is 5.75 Å². The number of carboxylic acids is 1. The van der Waals surface area contributed by atoms with Crippen LogP contribution in [0.25, 0.3) is 6.08 Å². The number of rotatable bonds is 7. The van der Waals surface area contributed by atoms with E-state index in [9.17, 15) is 19.7 Å². The second-order valence-electron chi connectivity index (χ2n) is 7.63. The number of benzene rings is 3. The Labute approximate surface area is 214 Å². The summed E-state index contributed by atoms with van der Waals surface area (Å²) in [5.74, 6) is -0.874. The maximum Gasteiger partial charge on any atom is 0.335 e. The highest BCUT2D eigenvalue weighted by molar-refractivity contribution is 8.18. The zero-order valence-electron chi connectivity index (χ0n) is 18.8. The molecule has 0 unspecified atom stereocenters. The summed E-state index contributed by atoms with van der Waals surface area (Å²) >= 11 is 7.54. The van der Waals surface area contributed by atoms with Crippen LogP contribution in [0.3, 0.4) is 0 Å². The summed E-state index contributed by atoms with van der Waals surface area (Å²) in [5.41, 5.74) is 1.97. The van der Waals surface area contributed by atoms with E-state index in [1.165, 1.54) is 40.9 Å². The zero-order valence-corrected chi connectivity index (χ0v) is 20.3. The number of nitrogens with zero attached hydrogens (tertiary/aromatic N) is 3. The monoisotopic (exact) mass is 523 g/mol. The van der Waals surface area contributed by atoms with Crippen molar-refractivity contribution in [3.63, 3.8) is 0 Å². The molecule has 1 fully saturated rings. The first-order chi connectivity index (χ1) is 17.2. The minimum atomic E-state index is -1.06. The maximum atomic E-state index is 12.7. The molecule has 1 amide bonds. The van der Waals surface area contributed by atoms with Gasteiger partial charge in [0.25, 0.3) is 11.6 Å². The van der Waals surface area contributed by atoms with Crippen LogP contribution in [-0.2, 0) is 11.4 Å². The van der Waals surface area contributed by atoms with Crippen LogP contribution in [0.15, 0.2) is 76.6 Å². The van der Waals surface area contributed by atoms with Gasteiger partial charge in [-0.2, -0.15) is 0 Å². The number of hydrogen-bond acceptors (Lipinski definition) is 7. The average Bonchev–Trinajstić information content (AvgIpc) is 3.11. The second-order valence-corrected chi connectivity index (χ2v) is 9.04. The molecule has 0 aliphatic carbocycles. The molecule has 4 rings (SSSR count). The van der Waals surface area contributed by atoms with Crippen LogP contribution in [0.4, 0.5) is 11.4 Å². The van der Waals surface area contributed by atoms with Gasteiger partial charge in [0.05, 0.1) is 26.1 Å². The highest BCUT2D eigenvalue weighted by Crippen LogP contribution is 2.34. The number of amidine groups is 1. The summed E-state index contributed by atoms with van der Waals surface area (Å²) in [4.78, 5) is 40.5. The van der Waals surface area contributed by atoms with E-state index in [-0.39, 0.29) is 23.8 Å². The Morgan fingerprint density at radius 1 is 1.19 bits per heavy atom. The Hall–Kier alpha value is -4.15. The van der Waals surface area contributed by atoms with Crippen molar-refractivity contribution in [2.45, 2.75) is 6.61 Å². The Kier molecular flexibility index (Phi) is 7.37. The van der Waals surface area contributed by atoms with Gasteiger partial charge in [0.2, 0.25) is 0 Å². The molecule has 3 aromatic rings. The molecule has 1 N–H and O–H groups in total. The summed E-state index contributed by atoms with van der Waals surface area (Å²) in [6.45, 7) is 0.181. The number of nitro benzene ring substituents is 1. The van der Waals surface area contributed by atoms with Crippen LogP contribution in [0, 0.1) is 10.1 Å². The number of carbonyl (C=O) groups is 2. The van der Waals surface area contributed by atoms with Gasteiger partial charge in [-0.3, -0.25) is 19.8 Å². The van der Waals surface area contributed by atoms with Crippen LogP contribution < -0.4 is 4.74 Å². The lowest BCUT2D eigenvalue weighted by Crippen LogP contribution is -2.23. The van der Waals surface area contributed by atoms with Crippen molar-refractivity contribution in [1.29, 1.82) is 0 Å². The number of carbonyl (C=O) groups excluding carboxylic acids is 1. The normalized spacial score (nSPS) is 15.5. The lowest BCUT2D eigenvalue weighted by molar-refractivity contribution is -0.384. The van der Waals surface area contributed by atoms with Crippen LogP contribution in [0.1, 0.15) is 21.5 Å². The molecule has 1 heterocycles. The zero-order chi connectivity index (χ0) is 25.8. The molecule has 0 spiro atoms. The minimum Gasteiger partial charge on any atom is -0.487 e. The van der Waals surface area contributed by atoms with Crippen molar-refractivity contribution < 1.29 is 24.4 Å². The predicted octanol–water partition coefficient (Wildman–Crippen LogP) is 5.76. The number of hydrogen-bond donors (Lipinski definition) is 1. The number of aliphatic imine (C=N–C) groups is 1. The minimum absolute atomic E-state index is 0.00105. The molecule has 0 aromatic heterocycles. The summed E-state index contributed by atoms with van der Waals surface area (Å²) in [6.07, 6.45) is 1.69. The molecule has 0 saturated carbocycles. The Morgan fingerprint density at radius 3 is 2.61 bits per heavy atom. The van der Waals surface area contributed by atoms with Crippen LogP contribution >= 0.6 is 23.4 Å². The molecule has 36 heavy (non-hydrogen) atoms. The molecule has 182 valence electrons. The molecule has 0 atom stereocenters. The fraction of sp³-hybridized carbons (Fsp3) is 0.0800. The molecule has 1 saturated heterocycles. The van der Waals surface area contributed by atoms with Crippen molar-refractivity contribution in [2.75, 3.05) is 7.05 Å². The van der Waals surface area contributed by atoms with Crippen molar-refractivity contribution in [3.05, 3.63) is 103 Å². The molecule has 11 heteroatoms. The summed E-state index contributed by atoms with van der Waals surface area (Å²) < 4.78 is 5.73. The van der Waals surface area contributed by atoms with E-state index in [1.54, 1.807) is 55.6 Å². The Balaban J connectivity index is 1.47. The van der Waals surface area contributed by atoms with Gasteiger partial charge in [-0.1, -0.05) is 23.7 Å². The van der Waals surface area contributed by atoms with Gasteiger partial charge in [-0.25, -0.2) is 9.79 Å². The number of nitro groups is 1. The molecule has 9 nitrogen and oxygen atoms in total. The van der Waals surface area contributed by atoms with E-state index >= 15 is 0 Å². The van der Waals surface area contributed by atoms with E-state index < -0.39 is 10.9 Å². The van der Waals surface area contributed by atoms with Gasteiger partial charge in [0.15, 0.2) is 5.17 Å². The van der Waals surface area contributed by atoms with Gasteiger partial charge in [-0.05, 0) is 71.4 Å². The van der Waals surface area contributed by atoms with E-state index in [0.717, 1.165) is 5.56 Å². The van der Waals surface area contributed by atoms with Gasteiger partial charge in [0.1, 0.15) is 12.4 Å². The van der Waals surface area contributed by atoms with Crippen LogP contribution in [0.2, 0.25) is 5.02 Å². The van der Waals surface area contributed by atoms with Crippen molar-refractivity contribution in [1.82, 2.24) is 4.90 Å². The fourth-order valence-electron chi connectivity index (χ4n) is 3.22. The number of carboxylic acid groups (broad SMARTS) is 1. The number of halogens is 1. The SMILES string of the molecule is CN1C(=O)C(=Cc2ccc(OCc3ccc([N+](=O)[O-])cc3)c(Cl)c2)SC1=Nc1cccc(C(=O)O)c1. The predicted molar refractivity (Wildman–Crippen MR) is 138 cm³/mol. The maximum absolute atomic E-state index is 12.7. The third kappa shape index (κ3) is 5.73. The standard InChI is InChI=1S/C25H18ClN3O6S/c1-28-23(30)22(36-25(28)27-18-4-2-3-17(13-18)24(31)32)12-16-7-10-21(20(26)11-16)35-14-15-5-8-19(9-6-15)29(33)34/h2-13H,14H2,1H3,(H,31,32). The lowest BCUT2D eigenvalue weighted by Gasteiger charge is -2.09. The lowest BCUT2D eigenvalue weighted by atomic mass is 10.2. The molecule has 0 radical (unpaired) electrons. The van der Waals surface area contributed by atoms with Crippen molar-refractivity contribution >= 4 is 57.9 Å². The topological polar surface area (TPSA) is 122 Å². The third-order valence-corrected chi connectivity index (χ3v) is 6.47. The first kappa shape index (κ1) is 25.0. The average molecular weight is 524 g/mol. The summed E-state index contributed by atoms with van der Waals surface area (Å²) in [5, 5.41) is 20.7. The highest BCUT2D eigenvalue weighted by atomic mass is 35.5. The van der Waals surface area contributed by atoms with Crippen LogP contribution in [-0.4, -0.2) is 39.0 Å². The smallest absolute Gasteiger partial charge is 0.335 e. The van der Waals surface area contributed by atoms with E-state index in [4.69, 9.17) is 21.4 Å². The first-order valence-corrected chi connectivity index (χ1v) is 11.7. The molecule has 0 bridgehead atoms. The van der Waals surface area contributed by atoms with E-state index in [2.05, 4.69) is 4.99 Å². The number of ether oxygens (including phenoxy) is 1. The Bertz CT molecular complexity index is 1420. The summed E-state index contributed by atoms with van der Waals surface area (Å²) in [6, 6.07) is 17.3. The second kappa shape index (κ2) is 10.6. The van der Waals surface area contributed by atoms with Gasteiger partial charge in [-0.15, -0.1) is 0 Å². The highest BCUT2D eigenvalue weighted by Gasteiger charge is 2.30. The number of amides is 1. The quantitative estimate of drug-likeness (QED) is 0.237. The molecule has 1 aliphatic heterocycles. The Morgan fingerprint density at radius 2 is 1.94 bits per heavy atom. The molecule has 1 aliphatic rings. The molecule has 3 aromatic carbocycles. The van der Waals surface area contributed by atoms with Crippen LogP contribution in [0.5, 0.6) is 5.75 Å². The molecular weight excluding hydrogens is 506 g/mol. The number of thioether (sulfide) groups is 1. The first-order valence-electron chi connectivity index (χ1n) is 10.5. The van der Waals surface area contributed by atoms with E-state index in [0.29, 0.717) is 32.1 Å². The molecular formula is C25H18ClN3O6S. The number of likely N-dealkylation sites (N-methyl/N-ethyl adjacent to an activating group) is 1. The summed E-state index contributed by atoms with van der Waals surface area (Å²) in [7, 11) is 1.60. The largest absolute Gasteiger partial charge is 0.487 e. The van der Waals surface area contributed by atoms with Gasteiger partial charge < -0.3 is 9.84 Å². The van der Waals surface area contributed by atoms with E-state index in [1.807, 2.05) is 0 Å². The third-order valence-electron chi connectivity index (χ3n) is 5.12. The number of aromatic carboxylic acids is 1. The number of non-ortho nitro benzene ring substituents is 1. The van der Waals surface area contributed by atoms with Gasteiger partial charge >= 0.3 is 5.97 Å². The van der Waals surface area contributed by atoms with Crippen molar-refractivity contribution in [2.24, 2.45) is 4.99 Å². The van der Waals surface area contributed by atoms with Gasteiger partial charge in [0, 0.05) is 19.2 Å².